The topological polar surface area (TPSA) is 132 Å². The van der Waals surface area contributed by atoms with Crippen molar-refractivity contribution in [3.8, 4) is 11.5 Å². The Bertz CT molecular complexity index is 1280. The molecule has 3 N–H and O–H groups in total. The summed E-state index contributed by atoms with van der Waals surface area (Å²) < 4.78 is 11.9. The number of H-pyrrole nitrogens is 1. The average molecular weight is 410 g/mol. The van der Waals surface area contributed by atoms with Gasteiger partial charge in [0, 0.05) is 17.7 Å². The summed E-state index contributed by atoms with van der Waals surface area (Å²) in [5.74, 6) is -0.144. The molecule has 0 fully saturated rings. The van der Waals surface area contributed by atoms with Crippen LogP contribution in [0.15, 0.2) is 46.0 Å². The minimum absolute atomic E-state index is 0.161. The highest BCUT2D eigenvalue weighted by molar-refractivity contribution is 6.00. The van der Waals surface area contributed by atoms with Crippen LogP contribution in [-0.4, -0.2) is 34.6 Å². The van der Waals surface area contributed by atoms with E-state index in [1.54, 1.807) is 19.1 Å². The number of amides is 2. The fraction of sp³-hybridized carbons (Fsp3) is 0.200. The number of carbonyl (C=O) groups is 2. The number of rotatable bonds is 3. The Hall–Kier alpha value is -4.08. The molecule has 1 aliphatic rings. The highest BCUT2D eigenvalue weighted by Gasteiger charge is 2.16. The molecule has 1 aromatic heterocycles. The second-order valence-corrected chi connectivity index (χ2v) is 6.51. The van der Waals surface area contributed by atoms with E-state index in [4.69, 9.17) is 9.47 Å². The zero-order valence-corrected chi connectivity index (χ0v) is 16.0. The maximum atomic E-state index is 12.4. The van der Waals surface area contributed by atoms with Gasteiger partial charge in [-0.05, 0) is 43.3 Å². The van der Waals surface area contributed by atoms with Crippen molar-refractivity contribution in [2.45, 2.75) is 13.5 Å². The summed E-state index contributed by atoms with van der Waals surface area (Å²) >= 11 is 0. The molecule has 2 aromatic carbocycles. The van der Waals surface area contributed by atoms with E-state index in [-0.39, 0.29) is 28.6 Å². The molecule has 10 nitrogen and oxygen atoms in total. The van der Waals surface area contributed by atoms with Gasteiger partial charge in [0.2, 0.25) is 0 Å². The molecule has 1 aliphatic heterocycles. The maximum Gasteiger partial charge on any atom is 0.328 e. The third kappa shape index (κ3) is 3.50. The average Bonchev–Trinajstić information content (AvgIpc) is 2.76. The zero-order valence-electron chi connectivity index (χ0n) is 16.0. The first-order valence-corrected chi connectivity index (χ1v) is 9.25. The molecule has 0 saturated heterocycles. The van der Waals surface area contributed by atoms with Crippen molar-refractivity contribution in [1.29, 1.82) is 0 Å². The molecule has 2 heterocycles. The van der Waals surface area contributed by atoms with Crippen molar-refractivity contribution in [1.82, 2.24) is 20.4 Å². The van der Waals surface area contributed by atoms with Crippen LogP contribution < -0.4 is 31.6 Å². The Morgan fingerprint density at radius 1 is 0.967 bits per heavy atom. The van der Waals surface area contributed by atoms with Crippen LogP contribution in [0, 0.1) is 0 Å². The molecule has 10 heteroatoms. The van der Waals surface area contributed by atoms with E-state index in [2.05, 4.69) is 15.8 Å². The molecule has 4 rings (SSSR count). The highest BCUT2D eigenvalue weighted by Crippen LogP contribution is 2.30. The van der Waals surface area contributed by atoms with Gasteiger partial charge in [0.25, 0.3) is 17.4 Å². The summed E-state index contributed by atoms with van der Waals surface area (Å²) in [6.07, 6.45) is 0. The minimum Gasteiger partial charge on any atom is -0.486 e. The number of aromatic amines is 1. The Morgan fingerprint density at radius 3 is 2.30 bits per heavy atom. The van der Waals surface area contributed by atoms with Gasteiger partial charge in [-0.1, -0.05) is 0 Å². The van der Waals surface area contributed by atoms with Crippen molar-refractivity contribution in [2.24, 2.45) is 0 Å². The Balaban J connectivity index is 1.50. The number of hydrazine groups is 1. The number of fused-ring (bicyclic) bond motifs is 2. The lowest BCUT2D eigenvalue weighted by Gasteiger charge is -2.18. The van der Waals surface area contributed by atoms with Gasteiger partial charge >= 0.3 is 5.69 Å². The molecule has 0 spiro atoms. The summed E-state index contributed by atoms with van der Waals surface area (Å²) in [6.45, 7) is 2.76. The molecule has 2 amide bonds. The minimum atomic E-state index is -0.608. The molecular weight excluding hydrogens is 392 g/mol. The van der Waals surface area contributed by atoms with Crippen LogP contribution in [0.4, 0.5) is 0 Å². The highest BCUT2D eigenvalue weighted by atomic mass is 16.6. The van der Waals surface area contributed by atoms with Crippen molar-refractivity contribution in [3.63, 3.8) is 0 Å². The van der Waals surface area contributed by atoms with E-state index in [0.29, 0.717) is 24.7 Å². The molecule has 0 unspecified atom stereocenters. The SMILES string of the molecule is CCn1c(=O)[nH]c2cc(C(=O)NNC(=O)c3ccc4c(c3)OCCO4)ccc2c1=O. The lowest BCUT2D eigenvalue weighted by Crippen LogP contribution is -2.41. The molecule has 154 valence electrons. The van der Waals surface area contributed by atoms with Crippen LogP contribution in [0.5, 0.6) is 11.5 Å². The molecule has 30 heavy (non-hydrogen) atoms. The summed E-state index contributed by atoms with van der Waals surface area (Å²) in [7, 11) is 0. The van der Waals surface area contributed by atoms with Gasteiger partial charge in [-0.15, -0.1) is 0 Å². The van der Waals surface area contributed by atoms with Gasteiger partial charge in [0.1, 0.15) is 13.2 Å². The molecule has 0 radical (unpaired) electrons. The maximum absolute atomic E-state index is 12.4. The van der Waals surface area contributed by atoms with E-state index < -0.39 is 23.1 Å². The van der Waals surface area contributed by atoms with E-state index in [1.165, 1.54) is 24.3 Å². The van der Waals surface area contributed by atoms with Crippen LogP contribution in [0.2, 0.25) is 0 Å². The molecule has 0 aliphatic carbocycles. The smallest absolute Gasteiger partial charge is 0.328 e. The number of carbonyl (C=O) groups excluding carboxylic acids is 2. The Labute approximate surface area is 169 Å². The first kappa shape index (κ1) is 19.2. The standard InChI is InChI=1S/C20H18N4O6/c1-2-24-19(27)13-5-3-11(9-14(13)21-20(24)28)17(25)22-23-18(26)12-4-6-15-16(10-12)30-8-7-29-15/h3-6,9-10H,2,7-8H2,1H3,(H,21,28)(H,22,25)(H,23,26). The van der Waals surface area contributed by atoms with Gasteiger partial charge in [0.15, 0.2) is 11.5 Å². The van der Waals surface area contributed by atoms with Gasteiger partial charge in [0.05, 0.1) is 10.9 Å². The normalized spacial score (nSPS) is 12.4. The third-order valence-electron chi connectivity index (χ3n) is 4.65. The second kappa shape index (κ2) is 7.74. The first-order chi connectivity index (χ1) is 14.5. The Kier molecular flexibility index (Phi) is 4.97. The number of hydrogen-bond acceptors (Lipinski definition) is 6. The van der Waals surface area contributed by atoms with Crippen molar-refractivity contribution < 1.29 is 19.1 Å². The summed E-state index contributed by atoms with van der Waals surface area (Å²) in [5.41, 5.74) is 4.32. The van der Waals surface area contributed by atoms with E-state index >= 15 is 0 Å². The number of benzene rings is 2. The molecule has 0 bridgehead atoms. The monoisotopic (exact) mass is 410 g/mol. The van der Waals surface area contributed by atoms with Crippen LogP contribution in [0.1, 0.15) is 27.6 Å². The lowest BCUT2D eigenvalue weighted by atomic mass is 10.1. The molecule has 3 aromatic rings. The fourth-order valence-corrected chi connectivity index (χ4v) is 3.13. The van der Waals surface area contributed by atoms with Crippen LogP contribution in [-0.2, 0) is 6.54 Å². The summed E-state index contributed by atoms with van der Waals surface area (Å²) in [4.78, 5) is 51.6. The van der Waals surface area contributed by atoms with Gasteiger partial charge in [-0.2, -0.15) is 0 Å². The van der Waals surface area contributed by atoms with Crippen molar-refractivity contribution >= 4 is 22.7 Å². The second-order valence-electron chi connectivity index (χ2n) is 6.51. The molecular formula is C20H18N4O6. The molecule has 0 saturated carbocycles. The van der Waals surface area contributed by atoms with Gasteiger partial charge in [-0.25, -0.2) is 4.79 Å². The van der Waals surface area contributed by atoms with E-state index in [9.17, 15) is 19.2 Å². The van der Waals surface area contributed by atoms with Crippen molar-refractivity contribution in [3.05, 3.63) is 68.4 Å². The van der Waals surface area contributed by atoms with Crippen LogP contribution in [0.25, 0.3) is 10.9 Å². The number of aromatic nitrogens is 2. The quantitative estimate of drug-likeness (QED) is 0.541. The summed E-state index contributed by atoms with van der Waals surface area (Å²) in [5, 5.41) is 0.285. The largest absolute Gasteiger partial charge is 0.486 e. The first-order valence-electron chi connectivity index (χ1n) is 9.25. The predicted octanol–water partition coefficient (Wildman–Crippen LogP) is 0.556. The van der Waals surface area contributed by atoms with Gasteiger partial charge < -0.3 is 14.5 Å². The lowest BCUT2D eigenvalue weighted by molar-refractivity contribution is 0.0846. The number of nitrogens with one attached hydrogen (secondary N) is 3. The Morgan fingerprint density at radius 2 is 1.60 bits per heavy atom. The molecule has 0 atom stereocenters. The number of hydrogen-bond donors (Lipinski definition) is 3. The van der Waals surface area contributed by atoms with E-state index in [0.717, 1.165) is 4.57 Å². The van der Waals surface area contributed by atoms with Crippen LogP contribution in [0.3, 0.4) is 0 Å². The number of ether oxygens (including phenoxy) is 2. The summed E-state index contributed by atoms with van der Waals surface area (Å²) in [6, 6.07) is 8.96. The number of nitrogens with zero attached hydrogens (tertiary/aromatic N) is 1. The zero-order chi connectivity index (χ0) is 21.3. The fourth-order valence-electron chi connectivity index (χ4n) is 3.13. The van der Waals surface area contributed by atoms with Gasteiger partial charge in [-0.3, -0.25) is 29.8 Å². The van der Waals surface area contributed by atoms with Crippen LogP contribution >= 0.6 is 0 Å². The predicted molar refractivity (Wildman–Crippen MR) is 107 cm³/mol. The van der Waals surface area contributed by atoms with Crippen molar-refractivity contribution in [2.75, 3.05) is 13.2 Å². The van der Waals surface area contributed by atoms with E-state index in [1.807, 2.05) is 0 Å². The third-order valence-corrected chi connectivity index (χ3v) is 4.65.